The summed E-state index contributed by atoms with van der Waals surface area (Å²) in [6, 6.07) is 71.2. The summed E-state index contributed by atoms with van der Waals surface area (Å²) in [7, 11) is 0. The minimum Gasteiger partial charge on any atom is -0.208 e. The molecule has 0 fully saturated rings. The van der Waals surface area contributed by atoms with Crippen LogP contribution in [0.1, 0.15) is 0 Å². The van der Waals surface area contributed by atoms with E-state index in [0.717, 1.165) is 27.8 Å². The molecular weight excluding hydrogens is 679 g/mol. The molecule has 1 aliphatic carbocycles. The highest BCUT2D eigenvalue weighted by atomic mass is 15.0. The van der Waals surface area contributed by atoms with E-state index in [-0.39, 0.29) is 0 Å². The number of rotatable bonds is 6. The number of hydrogen-bond acceptors (Lipinski definition) is 3. The summed E-state index contributed by atoms with van der Waals surface area (Å²) in [4.78, 5) is 15.0. The molecule has 0 spiro atoms. The van der Waals surface area contributed by atoms with Gasteiger partial charge in [-0.3, -0.25) is 0 Å². The first-order valence-electron chi connectivity index (χ1n) is 19.0. The van der Waals surface area contributed by atoms with E-state index in [9.17, 15) is 0 Å². The smallest absolute Gasteiger partial charge is 0.164 e. The van der Waals surface area contributed by atoms with E-state index in [4.69, 9.17) is 15.0 Å². The van der Waals surface area contributed by atoms with Gasteiger partial charge in [0.1, 0.15) is 0 Å². The topological polar surface area (TPSA) is 38.7 Å². The van der Waals surface area contributed by atoms with Gasteiger partial charge >= 0.3 is 0 Å². The van der Waals surface area contributed by atoms with E-state index < -0.39 is 0 Å². The van der Waals surface area contributed by atoms with E-state index >= 15 is 0 Å². The molecule has 9 aromatic carbocycles. The number of benzene rings is 9. The predicted octanol–water partition coefficient (Wildman–Crippen LogP) is 13.8. The quantitative estimate of drug-likeness (QED) is 0.172. The average molecular weight is 712 g/mol. The first-order valence-corrected chi connectivity index (χ1v) is 19.0. The van der Waals surface area contributed by atoms with Gasteiger partial charge in [0.15, 0.2) is 17.5 Å². The van der Waals surface area contributed by atoms with Gasteiger partial charge in [-0.05, 0) is 83.2 Å². The lowest BCUT2D eigenvalue weighted by atomic mass is 9.88. The summed E-state index contributed by atoms with van der Waals surface area (Å²) < 4.78 is 0. The van der Waals surface area contributed by atoms with Crippen molar-refractivity contribution < 1.29 is 0 Å². The normalized spacial score (nSPS) is 11.6. The van der Waals surface area contributed by atoms with Crippen LogP contribution in [-0.2, 0) is 0 Å². The fraction of sp³-hybridized carbons (Fsp3) is 0. The van der Waals surface area contributed by atoms with Crippen LogP contribution in [0.4, 0.5) is 0 Å². The second-order valence-corrected chi connectivity index (χ2v) is 14.3. The molecule has 0 unspecified atom stereocenters. The summed E-state index contributed by atoms with van der Waals surface area (Å²) in [5, 5.41) is 5.03. The van der Waals surface area contributed by atoms with Crippen molar-refractivity contribution in [2.75, 3.05) is 0 Å². The Kier molecular flexibility index (Phi) is 7.49. The van der Waals surface area contributed by atoms with Crippen LogP contribution in [0.2, 0.25) is 0 Å². The molecular formula is C53H33N3. The van der Waals surface area contributed by atoms with Crippen molar-refractivity contribution in [3.8, 4) is 89.8 Å². The van der Waals surface area contributed by atoms with Gasteiger partial charge in [-0.15, -0.1) is 0 Å². The molecule has 3 heteroatoms. The third-order valence-electron chi connectivity index (χ3n) is 11.1. The van der Waals surface area contributed by atoms with E-state index in [1.807, 2.05) is 60.7 Å². The Morgan fingerprint density at radius 1 is 0.250 bits per heavy atom. The second-order valence-electron chi connectivity index (χ2n) is 14.3. The Bertz CT molecular complexity index is 3030. The molecule has 0 radical (unpaired) electrons. The zero-order chi connectivity index (χ0) is 37.0. The van der Waals surface area contributed by atoms with Crippen LogP contribution in [0.5, 0.6) is 0 Å². The van der Waals surface area contributed by atoms with E-state index in [2.05, 4.69) is 140 Å². The molecule has 0 saturated carbocycles. The average Bonchev–Trinajstić information content (AvgIpc) is 3.61. The molecule has 10 aromatic rings. The highest BCUT2D eigenvalue weighted by Gasteiger charge is 2.22. The summed E-state index contributed by atoms with van der Waals surface area (Å²) in [5.41, 5.74) is 15.2. The second kappa shape index (κ2) is 13.1. The molecule has 1 aromatic heterocycles. The number of aromatic nitrogens is 3. The van der Waals surface area contributed by atoms with Crippen LogP contribution < -0.4 is 0 Å². The SMILES string of the molecule is c1ccc(-c2nc(-c3ccccc3)nc(-c3cccc(-c4c(-c5ccc(-c6ccc7c8c(cccc68)-c6ccccc6-7)cc5)ccc5ccccc45)c3)n2)cc1. The van der Waals surface area contributed by atoms with Gasteiger partial charge in [-0.2, -0.15) is 0 Å². The molecule has 0 saturated heterocycles. The van der Waals surface area contributed by atoms with Gasteiger partial charge in [0, 0.05) is 16.7 Å². The number of hydrogen-bond donors (Lipinski definition) is 0. The maximum atomic E-state index is 5.04. The zero-order valence-electron chi connectivity index (χ0n) is 30.4. The van der Waals surface area contributed by atoms with Gasteiger partial charge in [0.25, 0.3) is 0 Å². The van der Waals surface area contributed by atoms with Crippen LogP contribution in [0.15, 0.2) is 200 Å². The molecule has 56 heavy (non-hydrogen) atoms. The van der Waals surface area contributed by atoms with Crippen LogP contribution in [0, 0.1) is 0 Å². The lowest BCUT2D eigenvalue weighted by Crippen LogP contribution is -2.00. The minimum absolute atomic E-state index is 0.638. The van der Waals surface area contributed by atoms with Crippen molar-refractivity contribution in [2.45, 2.75) is 0 Å². The van der Waals surface area contributed by atoms with Gasteiger partial charge in [-0.25, -0.2) is 15.0 Å². The predicted molar refractivity (Wildman–Crippen MR) is 232 cm³/mol. The Morgan fingerprint density at radius 2 is 0.714 bits per heavy atom. The van der Waals surface area contributed by atoms with Crippen LogP contribution >= 0.6 is 0 Å². The minimum atomic E-state index is 0.638. The summed E-state index contributed by atoms with van der Waals surface area (Å²) in [6.07, 6.45) is 0. The van der Waals surface area contributed by atoms with Gasteiger partial charge in [0.2, 0.25) is 0 Å². The van der Waals surface area contributed by atoms with Gasteiger partial charge in [-0.1, -0.05) is 194 Å². The largest absolute Gasteiger partial charge is 0.208 e. The van der Waals surface area contributed by atoms with Crippen molar-refractivity contribution in [1.29, 1.82) is 0 Å². The molecule has 0 N–H and O–H groups in total. The van der Waals surface area contributed by atoms with E-state index in [1.165, 1.54) is 66.1 Å². The number of nitrogens with zero attached hydrogens (tertiary/aromatic N) is 3. The third kappa shape index (κ3) is 5.32. The molecule has 3 nitrogen and oxygen atoms in total. The molecule has 11 rings (SSSR count). The van der Waals surface area contributed by atoms with E-state index in [1.54, 1.807) is 0 Å². The Balaban J connectivity index is 1.03. The van der Waals surface area contributed by atoms with Crippen molar-refractivity contribution in [2.24, 2.45) is 0 Å². The van der Waals surface area contributed by atoms with Gasteiger partial charge < -0.3 is 0 Å². The summed E-state index contributed by atoms with van der Waals surface area (Å²) in [6.45, 7) is 0. The maximum absolute atomic E-state index is 5.04. The fourth-order valence-corrected chi connectivity index (χ4v) is 8.46. The van der Waals surface area contributed by atoms with Crippen LogP contribution in [0.3, 0.4) is 0 Å². The first-order chi connectivity index (χ1) is 27.8. The molecule has 0 amide bonds. The van der Waals surface area contributed by atoms with Gasteiger partial charge in [0.05, 0.1) is 0 Å². The molecule has 0 atom stereocenters. The molecule has 0 aliphatic heterocycles. The standard InChI is InChI=1S/C53H33N3/c1-3-14-37(15-4-1)51-54-52(38-16-5-2-6-17-38)56-53(55-51)40-19-11-18-39(33-40)49-42-20-8-7-13-34(42)29-30-43(49)36-27-25-35(26-28-36)41-31-32-48-45-22-10-9-21-44(45)47-24-12-23-46(41)50(47)48/h1-33H. The molecule has 260 valence electrons. The van der Waals surface area contributed by atoms with Crippen molar-refractivity contribution in [1.82, 2.24) is 15.0 Å². The van der Waals surface area contributed by atoms with Crippen LogP contribution in [-0.4, -0.2) is 15.0 Å². The Hall–Kier alpha value is -7.49. The lowest BCUT2D eigenvalue weighted by Gasteiger charge is -2.16. The monoisotopic (exact) mass is 711 g/mol. The highest BCUT2D eigenvalue weighted by Crippen LogP contribution is 2.49. The first kappa shape index (κ1) is 32.0. The van der Waals surface area contributed by atoms with Crippen molar-refractivity contribution in [3.05, 3.63) is 200 Å². The number of fused-ring (bicyclic) bond motifs is 4. The maximum Gasteiger partial charge on any atom is 0.164 e. The summed E-state index contributed by atoms with van der Waals surface area (Å²) >= 11 is 0. The van der Waals surface area contributed by atoms with E-state index in [0.29, 0.717) is 17.5 Å². The molecule has 1 aliphatic rings. The van der Waals surface area contributed by atoms with Crippen molar-refractivity contribution in [3.63, 3.8) is 0 Å². The fourth-order valence-electron chi connectivity index (χ4n) is 8.46. The van der Waals surface area contributed by atoms with Crippen molar-refractivity contribution >= 4 is 21.5 Å². The highest BCUT2D eigenvalue weighted by molar-refractivity contribution is 6.18. The molecule has 0 bridgehead atoms. The van der Waals surface area contributed by atoms with Crippen LogP contribution in [0.25, 0.3) is 111 Å². The summed E-state index contributed by atoms with van der Waals surface area (Å²) in [5.74, 6) is 1.94. The Labute approximate surface area is 325 Å². The Morgan fingerprint density at radius 3 is 1.41 bits per heavy atom. The zero-order valence-corrected chi connectivity index (χ0v) is 30.4. The molecule has 1 heterocycles. The third-order valence-corrected chi connectivity index (χ3v) is 11.1. The lowest BCUT2D eigenvalue weighted by molar-refractivity contribution is 1.07.